The van der Waals surface area contributed by atoms with Gasteiger partial charge in [0.15, 0.2) is 0 Å². The van der Waals surface area contributed by atoms with Gasteiger partial charge in [-0.3, -0.25) is 9.59 Å². The number of sulfonamides is 1. The first kappa shape index (κ1) is 19.1. The molecule has 0 unspecified atom stereocenters. The van der Waals surface area contributed by atoms with Crippen LogP contribution >= 0.6 is 0 Å². The maximum atomic E-state index is 12.8. The van der Waals surface area contributed by atoms with Gasteiger partial charge in [0.25, 0.3) is 5.91 Å². The number of nitrogens with two attached hydrogens (primary N) is 1. The Labute approximate surface area is 158 Å². The molecule has 1 heterocycles. The molecular formula is C19H21N3O4S. The van der Waals surface area contributed by atoms with Gasteiger partial charge in [-0.15, -0.1) is 0 Å². The van der Waals surface area contributed by atoms with Gasteiger partial charge < -0.3 is 10.6 Å². The first-order valence-corrected chi connectivity index (χ1v) is 10.0. The predicted molar refractivity (Wildman–Crippen MR) is 102 cm³/mol. The number of hydrogen-bond acceptors (Lipinski definition) is 4. The normalized spacial score (nSPS) is 14.9. The maximum Gasteiger partial charge on any atom is 0.258 e. The SMILES string of the molecule is CN(C(=O)c1cccc(S(=O)(=O)N2CCCC2)c1)c1ccc(C(N)=O)cc1. The number of rotatable bonds is 5. The van der Waals surface area contributed by atoms with Crippen LogP contribution < -0.4 is 10.6 Å². The van der Waals surface area contributed by atoms with E-state index in [1.54, 1.807) is 31.3 Å². The summed E-state index contributed by atoms with van der Waals surface area (Å²) in [7, 11) is -2.00. The van der Waals surface area contributed by atoms with Gasteiger partial charge in [-0.1, -0.05) is 6.07 Å². The summed E-state index contributed by atoms with van der Waals surface area (Å²) in [5, 5.41) is 0. The molecule has 0 spiro atoms. The van der Waals surface area contributed by atoms with E-state index in [9.17, 15) is 18.0 Å². The van der Waals surface area contributed by atoms with Crippen LogP contribution in [0.5, 0.6) is 0 Å². The third kappa shape index (κ3) is 3.86. The third-order valence-electron chi connectivity index (χ3n) is 4.63. The molecule has 27 heavy (non-hydrogen) atoms. The number of amides is 2. The predicted octanol–water partition coefficient (Wildman–Crippen LogP) is 1.85. The zero-order valence-electron chi connectivity index (χ0n) is 15.0. The Morgan fingerprint density at radius 2 is 1.63 bits per heavy atom. The Balaban J connectivity index is 1.85. The van der Waals surface area contributed by atoms with Crippen LogP contribution in [0.25, 0.3) is 0 Å². The third-order valence-corrected chi connectivity index (χ3v) is 6.52. The average molecular weight is 387 g/mol. The topological polar surface area (TPSA) is 101 Å². The highest BCUT2D eigenvalue weighted by atomic mass is 32.2. The number of nitrogens with zero attached hydrogens (tertiary/aromatic N) is 2. The summed E-state index contributed by atoms with van der Waals surface area (Å²) < 4.78 is 26.9. The van der Waals surface area contributed by atoms with Crippen LogP contribution in [0.1, 0.15) is 33.6 Å². The molecule has 2 aromatic carbocycles. The highest BCUT2D eigenvalue weighted by Gasteiger charge is 2.28. The minimum atomic E-state index is -3.59. The van der Waals surface area contributed by atoms with Gasteiger partial charge >= 0.3 is 0 Å². The zero-order valence-corrected chi connectivity index (χ0v) is 15.8. The molecule has 2 N–H and O–H groups in total. The monoisotopic (exact) mass is 387 g/mol. The van der Waals surface area contributed by atoms with E-state index in [-0.39, 0.29) is 16.4 Å². The average Bonchev–Trinajstić information content (AvgIpc) is 3.22. The van der Waals surface area contributed by atoms with Crippen molar-refractivity contribution in [3.05, 3.63) is 59.7 Å². The van der Waals surface area contributed by atoms with Crippen molar-refractivity contribution < 1.29 is 18.0 Å². The van der Waals surface area contributed by atoms with Crippen LogP contribution in [0.4, 0.5) is 5.69 Å². The van der Waals surface area contributed by atoms with Crippen LogP contribution in [0.3, 0.4) is 0 Å². The Morgan fingerprint density at radius 1 is 1.00 bits per heavy atom. The van der Waals surface area contributed by atoms with Crippen LogP contribution in [0.15, 0.2) is 53.4 Å². The van der Waals surface area contributed by atoms with E-state index in [0.29, 0.717) is 24.3 Å². The molecule has 0 saturated carbocycles. The van der Waals surface area contributed by atoms with Crippen molar-refractivity contribution in [3.63, 3.8) is 0 Å². The second-order valence-corrected chi connectivity index (χ2v) is 8.35. The van der Waals surface area contributed by atoms with E-state index in [1.165, 1.54) is 33.5 Å². The van der Waals surface area contributed by atoms with Crippen molar-refractivity contribution in [1.82, 2.24) is 4.31 Å². The fourth-order valence-corrected chi connectivity index (χ4v) is 4.59. The fraction of sp³-hybridized carbons (Fsp3) is 0.263. The van der Waals surface area contributed by atoms with E-state index in [4.69, 9.17) is 5.73 Å². The van der Waals surface area contributed by atoms with Crippen molar-refractivity contribution in [2.75, 3.05) is 25.0 Å². The van der Waals surface area contributed by atoms with E-state index in [1.807, 2.05) is 0 Å². The van der Waals surface area contributed by atoms with Gasteiger partial charge in [0.05, 0.1) is 4.90 Å². The Bertz CT molecular complexity index is 965. The summed E-state index contributed by atoms with van der Waals surface area (Å²) in [5.41, 5.74) is 6.41. The Morgan fingerprint density at radius 3 is 2.22 bits per heavy atom. The van der Waals surface area contributed by atoms with Gasteiger partial charge in [0, 0.05) is 37.0 Å². The molecule has 1 fully saturated rings. The van der Waals surface area contributed by atoms with Gasteiger partial charge in [-0.25, -0.2) is 8.42 Å². The molecule has 1 aliphatic heterocycles. The summed E-state index contributed by atoms with van der Waals surface area (Å²) >= 11 is 0. The standard InChI is InChI=1S/C19H21N3O4S/c1-21(16-9-7-14(8-10-16)18(20)23)19(24)15-5-4-6-17(13-15)27(25,26)22-11-2-3-12-22/h4-10,13H,2-3,11-12H2,1H3,(H2,20,23). The number of primary amides is 1. The molecule has 0 atom stereocenters. The van der Waals surface area contributed by atoms with Crippen molar-refractivity contribution in [1.29, 1.82) is 0 Å². The number of hydrogen-bond donors (Lipinski definition) is 1. The lowest BCUT2D eigenvalue weighted by molar-refractivity contribution is 0.0989. The Kier molecular flexibility index (Phi) is 5.29. The molecule has 0 aromatic heterocycles. The molecule has 0 aliphatic carbocycles. The van der Waals surface area contributed by atoms with Crippen molar-refractivity contribution in [2.45, 2.75) is 17.7 Å². The zero-order chi connectivity index (χ0) is 19.6. The van der Waals surface area contributed by atoms with E-state index >= 15 is 0 Å². The molecule has 1 saturated heterocycles. The number of benzene rings is 2. The summed E-state index contributed by atoms with van der Waals surface area (Å²) in [6, 6.07) is 12.4. The number of carbonyl (C=O) groups excluding carboxylic acids is 2. The van der Waals surface area contributed by atoms with Crippen molar-refractivity contribution in [3.8, 4) is 0 Å². The largest absolute Gasteiger partial charge is 0.366 e. The van der Waals surface area contributed by atoms with Crippen LogP contribution in [-0.4, -0.2) is 44.7 Å². The van der Waals surface area contributed by atoms with Crippen LogP contribution in [-0.2, 0) is 10.0 Å². The van der Waals surface area contributed by atoms with Crippen molar-refractivity contribution >= 4 is 27.5 Å². The van der Waals surface area contributed by atoms with Gasteiger partial charge in [-0.2, -0.15) is 4.31 Å². The lowest BCUT2D eigenvalue weighted by atomic mass is 10.1. The second kappa shape index (κ2) is 7.50. The van der Waals surface area contributed by atoms with E-state index < -0.39 is 15.9 Å². The molecule has 2 amide bonds. The quantitative estimate of drug-likeness (QED) is 0.846. The van der Waals surface area contributed by atoms with E-state index in [0.717, 1.165) is 12.8 Å². The van der Waals surface area contributed by atoms with Crippen LogP contribution in [0.2, 0.25) is 0 Å². The summed E-state index contributed by atoms with van der Waals surface area (Å²) in [6.45, 7) is 1.01. The maximum absolute atomic E-state index is 12.8. The second-order valence-electron chi connectivity index (χ2n) is 6.41. The molecule has 142 valence electrons. The first-order valence-electron chi connectivity index (χ1n) is 8.59. The van der Waals surface area contributed by atoms with Gasteiger partial charge in [0.1, 0.15) is 0 Å². The molecule has 1 aliphatic rings. The van der Waals surface area contributed by atoms with Crippen LogP contribution in [0, 0.1) is 0 Å². The fourth-order valence-electron chi connectivity index (χ4n) is 3.03. The lowest BCUT2D eigenvalue weighted by Gasteiger charge is -2.19. The summed E-state index contributed by atoms with van der Waals surface area (Å²) in [4.78, 5) is 25.5. The molecular weight excluding hydrogens is 366 g/mol. The summed E-state index contributed by atoms with van der Waals surface area (Å²) in [6.07, 6.45) is 1.70. The lowest BCUT2D eigenvalue weighted by Crippen LogP contribution is -2.29. The Hall–Kier alpha value is -2.71. The van der Waals surface area contributed by atoms with E-state index in [2.05, 4.69) is 0 Å². The molecule has 0 radical (unpaired) electrons. The molecule has 3 rings (SSSR count). The molecule has 0 bridgehead atoms. The minimum absolute atomic E-state index is 0.118. The van der Waals surface area contributed by atoms with Gasteiger partial charge in [0.2, 0.25) is 15.9 Å². The molecule has 7 nitrogen and oxygen atoms in total. The highest BCUT2D eigenvalue weighted by molar-refractivity contribution is 7.89. The minimum Gasteiger partial charge on any atom is -0.366 e. The van der Waals surface area contributed by atoms with Gasteiger partial charge in [-0.05, 0) is 55.3 Å². The van der Waals surface area contributed by atoms with Crippen molar-refractivity contribution in [2.24, 2.45) is 5.73 Å². The molecule has 2 aromatic rings. The molecule has 8 heteroatoms. The highest BCUT2D eigenvalue weighted by Crippen LogP contribution is 2.23. The first-order chi connectivity index (χ1) is 12.8. The smallest absolute Gasteiger partial charge is 0.258 e. The summed E-state index contributed by atoms with van der Waals surface area (Å²) in [5.74, 6) is -0.893. The number of carbonyl (C=O) groups is 2. The number of anilines is 1.